The van der Waals surface area contributed by atoms with E-state index in [2.05, 4.69) is 67.9 Å². The third-order valence-electron chi connectivity index (χ3n) is 2.93. The minimum atomic E-state index is 0.666. The standard InChI is InChI=1S/C12H15Br2N/c1-9-5-12(14)8-15(9)7-10-3-2-4-11(13)6-10/h2-4,6,9,12H,5,7-8H2,1H3. The van der Waals surface area contributed by atoms with Gasteiger partial charge in [0.15, 0.2) is 0 Å². The molecule has 15 heavy (non-hydrogen) atoms. The highest BCUT2D eigenvalue weighted by molar-refractivity contribution is 9.10. The Morgan fingerprint density at radius 2 is 2.27 bits per heavy atom. The van der Waals surface area contributed by atoms with Crippen LogP contribution in [0, 0.1) is 0 Å². The highest BCUT2D eigenvalue weighted by Crippen LogP contribution is 2.25. The van der Waals surface area contributed by atoms with Crippen molar-refractivity contribution in [2.24, 2.45) is 0 Å². The predicted molar refractivity (Wildman–Crippen MR) is 71.3 cm³/mol. The van der Waals surface area contributed by atoms with Crippen molar-refractivity contribution >= 4 is 31.9 Å². The first kappa shape index (κ1) is 11.6. The zero-order chi connectivity index (χ0) is 10.8. The minimum absolute atomic E-state index is 0.666. The van der Waals surface area contributed by atoms with E-state index in [1.807, 2.05) is 0 Å². The van der Waals surface area contributed by atoms with Crippen molar-refractivity contribution in [3.63, 3.8) is 0 Å². The Balaban J connectivity index is 2.03. The fraction of sp³-hybridized carbons (Fsp3) is 0.500. The van der Waals surface area contributed by atoms with Crippen LogP contribution in [0.4, 0.5) is 0 Å². The van der Waals surface area contributed by atoms with Gasteiger partial charge in [-0.2, -0.15) is 0 Å². The van der Waals surface area contributed by atoms with Crippen LogP contribution in [-0.4, -0.2) is 22.3 Å². The molecule has 1 saturated heterocycles. The van der Waals surface area contributed by atoms with Crippen molar-refractivity contribution in [1.82, 2.24) is 4.90 Å². The van der Waals surface area contributed by atoms with E-state index >= 15 is 0 Å². The van der Waals surface area contributed by atoms with Crippen molar-refractivity contribution in [3.05, 3.63) is 34.3 Å². The van der Waals surface area contributed by atoms with Gasteiger partial charge < -0.3 is 0 Å². The SMILES string of the molecule is CC1CC(Br)CN1Cc1cccc(Br)c1. The molecule has 0 amide bonds. The number of benzene rings is 1. The number of halogens is 2. The summed E-state index contributed by atoms with van der Waals surface area (Å²) in [7, 11) is 0. The van der Waals surface area contributed by atoms with Crippen molar-refractivity contribution in [3.8, 4) is 0 Å². The number of likely N-dealkylation sites (tertiary alicyclic amines) is 1. The smallest absolute Gasteiger partial charge is 0.0288 e. The van der Waals surface area contributed by atoms with Gasteiger partial charge in [0, 0.05) is 28.4 Å². The zero-order valence-electron chi connectivity index (χ0n) is 8.79. The molecule has 0 N–H and O–H groups in total. The molecule has 1 aliphatic heterocycles. The Morgan fingerprint density at radius 1 is 1.47 bits per heavy atom. The molecule has 3 heteroatoms. The maximum atomic E-state index is 3.70. The monoisotopic (exact) mass is 331 g/mol. The van der Waals surface area contributed by atoms with E-state index in [0.717, 1.165) is 13.1 Å². The highest BCUT2D eigenvalue weighted by Gasteiger charge is 2.26. The minimum Gasteiger partial charge on any atom is -0.295 e. The van der Waals surface area contributed by atoms with Crippen molar-refractivity contribution in [1.29, 1.82) is 0 Å². The number of hydrogen-bond acceptors (Lipinski definition) is 1. The number of hydrogen-bond donors (Lipinski definition) is 0. The van der Waals surface area contributed by atoms with E-state index in [1.165, 1.54) is 16.5 Å². The Kier molecular flexibility index (Phi) is 3.86. The lowest BCUT2D eigenvalue weighted by atomic mass is 10.2. The van der Waals surface area contributed by atoms with Gasteiger partial charge in [0.2, 0.25) is 0 Å². The highest BCUT2D eigenvalue weighted by atomic mass is 79.9. The third-order valence-corrected chi connectivity index (χ3v) is 4.08. The van der Waals surface area contributed by atoms with E-state index < -0.39 is 0 Å². The molecule has 0 saturated carbocycles. The van der Waals surface area contributed by atoms with Crippen molar-refractivity contribution < 1.29 is 0 Å². The van der Waals surface area contributed by atoms with Crippen LogP contribution in [0.1, 0.15) is 18.9 Å². The largest absolute Gasteiger partial charge is 0.295 e. The summed E-state index contributed by atoms with van der Waals surface area (Å²) in [6.07, 6.45) is 1.26. The first-order valence-electron chi connectivity index (χ1n) is 5.27. The molecule has 0 bridgehead atoms. The van der Waals surface area contributed by atoms with E-state index in [4.69, 9.17) is 0 Å². The Hall–Kier alpha value is 0.140. The molecule has 82 valence electrons. The van der Waals surface area contributed by atoms with Crippen LogP contribution >= 0.6 is 31.9 Å². The van der Waals surface area contributed by atoms with Gasteiger partial charge in [-0.05, 0) is 31.0 Å². The molecule has 1 fully saturated rings. The van der Waals surface area contributed by atoms with Crippen LogP contribution in [0.2, 0.25) is 0 Å². The van der Waals surface area contributed by atoms with Crippen LogP contribution in [0.5, 0.6) is 0 Å². The average molecular weight is 333 g/mol. The lowest BCUT2D eigenvalue weighted by Crippen LogP contribution is -2.26. The summed E-state index contributed by atoms with van der Waals surface area (Å²) in [5.74, 6) is 0. The molecule has 0 aromatic heterocycles. The molecule has 2 atom stereocenters. The summed E-state index contributed by atoms with van der Waals surface area (Å²) in [6.45, 7) is 4.52. The predicted octanol–water partition coefficient (Wildman–Crippen LogP) is 3.81. The second kappa shape index (κ2) is 4.98. The van der Waals surface area contributed by atoms with Crippen LogP contribution in [0.15, 0.2) is 28.7 Å². The van der Waals surface area contributed by atoms with Gasteiger partial charge in [-0.1, -0.05) is 44.0 Å². The second-order valence-corrected chi connectivity index (χ2v) is 6.45. The number of nitrogens with zero attached hydrogens (tertiary/aromatic N) is 1. The fourth-order valence-electron chi connectivity index (χ4n) is 2.12. The lowest BCUT2D eigenvalue weighted by Gasteiger charge is -2.20. The zero-order valence-corrected chi connectivity index (χ0v) is 12.0. The first-order valence-corrected chi connectivity index (χ1v) is 6.98. The van der Waals surface area contributed by atoms with Crippen molar-refractivity contribution in [2.45, 2.75) is 30.8 Å². The summed E-state index contributed by atoms with van der Waals surface area (Å²) >= 11 is 7.21. The molecular weight excluding hydrogens is 318 g/mol. The maximum Gasteiger partial charge on any atom is 0.0288 e. The fourth-order valence-corrected chi connectivity index (χ4v) is 3.48. The van der Waals surface area contributed by atoms with E-state index in [1.54, 1.807) is 0 Å². The molecule has 2 unspecified atom stereocenters. The lowest BCUT2D eigenvalue weighted by molar-refractivity contribution is 0.261. The van der Waals surface area contributed by atoms with Crippen molar-refractivity contribution in [2.75, 3.05) is 6.54 Å². The molecule has 0 aliphatic carbocycles. The van der Waals surface area contributed by atoms with E-state index in [-0.39, 0.29) is 0 Å². The molecule has 0 radical (unpaired) electrons. The summed E-state index contributed by atoms with van der Waals surface area (Å²) in [4.78, 5) is 3.20. The summed E-state index contributed by atoms with van der Waals surface area (Å²) < 4.78 is 1.17. The van der Waals surface area contributed by atoms with Gasteiger partial charge in [0.1, 0.15) is 0 Å². The summed E-state index contributed by atoms with van der Waals surface area (Å²) in [6, 6.07) is 9.26. The summed E-state index contributed by atoms with van der Waals surface area (Å²) in [5, 5.41) is 0. The van der Waals surface area contributed by atoms with Crippen LogP contribution in [0.25, 0.3) is 0 Å². The van der Waals surface area contributed by atoms with Crippen LogP contribution < -0.4 is 0 Å². The number of rotatable bonds is 2. The normalized spacial score (nSPS) is 27.1. The first-order chi connectivity index (χ1) is 7.15. The van der Waals surface area contributed by atoms with Gasteiger partial charge in [-0.3, -0.25) is 4.90 Å². The molecule has 0 spiro atoms. The molecule has 1 aromatic rings. The summed E-state index contributed by atoms with van der Waals surface area (Å²) in [5.41, 5.74) is 1.39. The van der Waals surface area contributed by atoms with Gasteiger partial charge in [-0.15, -0.1) is 0 Å². The van der Waals surface area contributed by atoms with E-state index in [0.29, 0.717) is 10.9 Å². The average Bonchev–Trinajstić information content (AvgIpc) is 2.45. The number of alkyl halides is 1. The van der Waals surface area contributed by atoms with Gasteiger partial charge in [-0.25, -0.2) is 0 Å². The molecule has 1 nitrogen and oxygen atoms in total. The van der Waals surface area contributed by atoms with E-state index in [9.17, 15) is 0 Å². The Morgan fingerprint density at radius 3 is 2.87 bits per heavy atom. The van der Waals surface area contributed by atoms with Gasteiger partial charge >= 0.3 is 0 Å². The quantitative estimate of drug-likeness (QED) is 0.744. The Bertz CT molecular complexity index is 340. The molecule has 2 rings (SSSR count). The van der Waals surface area contributed by atoms with Gasteiger partial charge in [0.05, 0.1) is 0 Å². The molecule has 1 heterocycles. The molecule has 1 aliphatic rings. The third kappa shape index (κ3) is 3.05. The van der Waals surface area contributed by atoms with Crippen LogP contribution in [-0.2, 0) is 6.54 Å². The topological polar surface area (TPSA) is 3.24 Å². The molecule has 1 aromatic carbocycles. The van der Waals surface area contributed by atoms with Gasteiger partial charge in [0.25, 0.3) is 0 Å². The maximum absolute atomic E-state index is 3.70. The van der Waals surface area contributed by atoms with Crippen LogP contribution in [0.3, 0.4) is 0 Å². The Labute approximate surface area is 108 Å². The second-order valence-electron chi connectivity index (χ2n) is 4.24. The molecular formula is C12H15Br2N.